The number of likely N-dealkylation sites (N-methyl/N-ethyl adjacent to an activating group) is 1. The minimum Gasteiger partial charge on any atom is -0.460 e. The van der Waals surface area contributed by atoms with Crippen LogP contribution in [-0.4, -0.2) is 43.4 Å². The number of hydrogen-bond donors (Lipinski definition) is 2. The zero-order chi connectivity index (χ0) is 19.1. The third-order valence-electron chi connectivity index (χ3n) is 4.18. The summed E-state index contributed by atoms with van der Waals surface area (Å²) >= 11 is 0. The fraction of sp³-hybridized carbons (Fsp3) is 0.400. The van der Waals surface area contributed by atoms with Gasteiger partial charge in [0.15, 0.2) is 12.3 Å². The number of aryl methyl sites for hydroxylation is 1. The average molecular weight is 358 g/mol. The van der Waals surface area contributed by atoms with Crippen LogP contribution >= 0.6 is 0 Å². The van der Waals surface area contributed by atoms with E-state index in [1.165, 1.54) is 0 Å². The lowest BCUT2D eigenvalue weighted by molar-refractivity contribution is -0.886. The van der Waals surface area contributed by atoms with Crippen molar-refractivity contribution in [1.29, 1.82) is 0 Å². The second-order valence-electron chi connectivity index (χ2n) is 6.43. The number of carbonyl (C=O) groups excluding carboxylic acids is 2. The molecule has 2 aromatic rings. The zero-order valence-electron chi connectivity index (χ0n) is 16.0. The molecule has 0 bridgehead atoms. The topological polar surface area (TPSA) is 67.0 Å². The summed E-state index contributed by atoms with van der Waals surface area (Å²) in [4.78, 5) is 27.5. The van der Waals surface area contributed by atoms with Gasteiger partial charge in [-0.15, -0.1) is 0 Å². The van der Waals surface area contributed by atoms with Crippen LogP contribution in [0, 0.1) is 6.92 Å². The highest BCUT2D eigenvalue weighted by atomic mass is 16.3. The molecule has 1 aromatic carbocycles. The quantitative estimate of drug-likeness (QED) is 0.755. The van der Waals surface area contributed by atoms with Gasteiger partial charge in [0.2, 0.25) is 0 Å². The molecule has 0 radical (unpaired) electrons. The number of nitrogens with one attached hydrogen (secondary N) is 2. The fourth-order valence-electron chi connectivity index (χ4n) is 2.84. The maximum absolute atomic E-state index is 12.4. The maximum Gasteiger partial charge on any atom is 0.279 e. The highest BCUT2D eigenvalue weighted by molar-refractivity contribution is 5.97. The molecule has 0 saturated carbocycles. The molecule has 0 fully saturated rings. The monoisotopic (exact) mass is 358 g/mol. The lowest BCUT2D eigenvalue weighted by Gasteiger charge is -2.19. The summed E-state index contributed by atoms with van der Waals surface area (Å²) in [5.41, 5.74) is 1.22. The SMILES string of the molecule is CCN(CC)C(=O)c1cccc(NC(=O)C[NH+](C)Cc2ccc(C)o2)c1. The molecule has 1 atom stereocenters. The highest BCUT2D eigenvalue weighted by Gasteiger charge is 2.15. The maximum atomic E-state index is 12.4. The molecule has 1 aromatic heterocycles. The van der Waals surface area contributed by atoms with Gasteiger partial charge in [-0.3, -0.25) is 9.59 Å². The third kappa shape index (κ3) is 5.46. The van der Waals surface area contributed by atoms with Gasteiger partial charge in [0.25, 0.3) is 11.8 Å². The minimum atomic E-state index is -0.0989. The summed E-state index contributed by atoms with van der Waals surface area (Å²) in [7, 11) is 1.94. The van der Waals surface area contributed by atoms with Crippen LogP contribution in [0.4, 0.5) is 5.69 Å². The Morgan fingerprint density at radius 3 is 2.50 bits per heavy atom. The smallest absolute Gasteiger partial charge is 0.279 e. The molecular formula is C20H28N3O3+. The standard InChI is InChI=1S/C20H27N3O3/c1-5-23(6-2)20(25)16-8-7-9-17(12-16)21-19(24)14-22(4)13-18-11-10-15(3)26-18/h7-12H,5-6,13-14H2,1-4H3,(H,21,24)/p+1. The van der Waals surface area contributed by atoms with E-state index >= 15 is 0 Å². The highest BCUT2D eigenvalue weighted by Crippen LogP contribution is 2.13. The summed E-state index contributed by atoms with van der Waals surface area (Å²) in [6.45, 7) is 8.07. The molecule has 0 aliphatic heterocycles. The summed E-state index contributed by atoms with van der Waals surface area (Å²) in [5.74, 6) is 1.60. The van der Waals surface area contributed by atoms with Crippen molar-refractivity contribution in [2.24, 2.45) is 0 Å². The van der Waals surface area contributed by atoms with Gasteiger partial charge < -0.3 is 19.5 Å². The van der Waals surface area contributed by atoms with Crippen molar-refractivity contribution >= 4 is 17.5 Å². The summed E-state index contributed by atoms with van der Waals surface area (Å²) in [6.07, 6.45) is 0. The van der Waals surface area contributed by atoms with E-state index in [2.05, 4.69) is 5.32 Å². The molecule has 1 heterocycles. The van der Waals surface area contributed by atoms with Gasteiger partial charge >= 0.3 is 0 Å². The number of carbonyl (C=O) groups is 2. The van der Waals surface area contributed by atoms with Crippen molar-refractivity contribution < 1.29 is 18.9 Å². The van der Waals surface area contributed by atoms with Crippen molar-refractivity contribution in [3.63, 3.8) is 0 Å². The summed E-state index contributed by atoms with van der Waals surface area (Å²) in [6, 6.07) is 10.9. The molecule has 6 nitrogen and oxygen atoms in total. The van der Waals surface area contributed by atoms with Gasteiger partial charge in [-0.25, -0.2) is 0 Å². The van der Waals surface area contributed by atoms with Crippen LogP contribution in [0.3, 0.4) is 0 Å². The largest absolute Gasteiger partial charge is 0.460 e. The second-order valence-corrected chi connectivity index (χ2v) is 6.43. The van der Waals surface area contributed by atoms with E-state index < -0.39 is 0 Å². The van der Waals surface area contributed by atoms with E-state index in [9.17, 15) is 9.59 Å². The van der Waals surface area contributed by atoms with Gasteiger partial charge in [0.1, 0.15) is 12.3 Å². The van der Waals surface area contributed by atoms with Gasteiger partial charge in [0, 0.05) is 24.3 Å². The van der Waals surface area contributed by atoms with E-state index in [1.807, 2.05) is 40.0 Å². The number of quaternary nitrogens is 1. The molecule has 2 rings (SSSR count). The lowest BCUT2D eigenvalue weighted by Crippen LogP contribution is -3.08. The Labute approximate surface area is 154 Å². The predicted octanol–water partition coefficient (Wildman–Crippen LogP) is 1.72. The zero-order valence-corrected chi connectivity index (χ0v) is 16.0. The first-order valence-corrected chi connectivity index (χ1v) is 8.98. The van der Waals surface area contributed by atoms with E-state index in [4.69, 9.17) is 4.42 Å². The predicted molar refractivity (Wildman–Crippen MR) is 101 cm³/mol. The third-order valence-corrected chi connectivity index (χ3v) is 4.18. The molecule has 0 spiro atoms. The molecular weight excluding hydrogens is 330 g/mol. The molecule has 2 amide bonds. The number of furan rings is 1. The summed E-state index contributed by atoms with van der Waals surface area (Å²) < 4.78 is 5.55. The molecule has 0 aliphatic carbocycles. The molecule has 140 valence electrons. The first-order valence-electron chi connectivity index (χ1n) is 8.98. The van der Waals surface area contributed by atoms with Crippen molar-refractivity contribution in [3.8, 4) is 0 Å². The normalized spacial score (nSPS) is 11.8. The number of nitrogens with zero attached hydrogens (tertiary/aromatic N) is 1. The van der Waals surface area contributed by atoms with Crippen LogP contribution in [0.1, 0.15) is 35.7 Å². The number of anilines is 1. The lowest BCUT2D eigenvalue weighted by atomic mass is 10.1. The first kappa shape index (κ1) is 19.7. The van der Waals surface area contributed by atoms with Crippen LogP contribution in [-0.2, 0) is 11.3 Å². The van der Waals surface area contributed by atoms with Gasteiger partial charge in [-0.2, -0.15) is 0 Å². The van der Waals surface area contributed by atoms with Gasteiger partial charge in [-0.05, 0) is 51.1 Å². The minimum absolute atomic E-state index is 0.0259. The molecule has 0 saturated heterocycles. The fourth-order valence-corrected chi connectivity index (χ4v) is 2.84. The van der Waals surface area contributed by atoms with Crippen molar-refractivity contribution in [2.75, 3.05) is 32.0 Å². The van der Waals surface area contributed by atoms with Crippen molar-refractivity contribution in [1.82, 2.24) is 4.90 Å². The second kappa shape index (κ2) is 9.20. The Morgan fingerprint density at radius 1 is 1.15 bits per heavy atom. The van der Waals surface area contributed by atoms with E-state index in [0.717, 1.165) is 16.4 Å². The van der Waals surface area contributed by atoms with Crippen LogP contribution in [0.5, 0.6) is 0 Å². The number of hydrogen-bond acceptors (Lipinski definition) is 3. The Bertz CT molecular complexity index is 750. The van der Waals surface area contributed by atoms with Crippen LogP contribution in [0.2, 0.25) is 0 Å². The van der Waals surface area contributed by atoms with Gasteiger partial charge in [0.05, 0.1) is 7.05 Å². The van der Waals surface area contributed by atoms with Crippen molar-refractivity contribution in [3.05, 3.63) is 53.5 Å². The number of amides is 2. The molecule has 2 N–H and O–H groups in total. The Morgan fingerprint density at radius 2 is 1.88 bits per heavy atom. The Kier molecular flexibility index (Phi) is 6.97. The van der Waals surface area contributed by atoms with E-state index in [-0.39, 0.29) is 11.8 Å². The number of rotatable bonds is 8. The van der Waals surface area contributed by atoms with E-state index in [0.29, 0.717) is 37.4 Å². The summed E-state index contributed by atoms with van der Waals surface area (Å²) in [5, 5.41) is 2.87. The van der Waals surface area contributed by atoms with Crippen LogP contribution < -0.4 is 10.2 Å². The van der Waals surface area contributed by atoms with Crippen molar-refractivity contribution in [2.45, 2.75) is 27.3 Å². The number of benzene rings is 1. The average Bonchev–Trinajstić information content (AvgIpc) is 3.00. The Balaban J connectivity index is 1.94. The van der Waals surface area contributed by atoms with E-state index in [1.54, 1.807) is 29.2 Å². The molecule has 6 heteroatoms. The first-order chi connectivity index (χ1) is 12.4. The molecule has 1 unspecified atom stereocenters. The van der Waals surface area contributed by atoms with Gasteiger partial charge in [-0.1, -0.05) is 6.07 Å². The Hall–Kier alpha value is -2.60. The molecule has 26 heavy (non-hydrogen) atoms. The van der Waals surface area contributed by atoms with Crippen LogP contribution in [0.15, 0.2) is 40.8 Å². The molecule has 0 aliphatic rings. The van der Waals surface area contributed by atoms with Crippen LogP contribution in [0.25, 0.3) is 0 Å².